The summed E-state index contributed by atoms with van der Waals surface area (Å²) < 4.78 is 28.1. The number of benzene rings is 2. The summed E-state index contributed by atoms with van der Waals surface area (Å²) in [5.74, 6) is -0.523. The molecule has 2 atom stereocenters. The average molecular weight is 456 g/mol. The number of hydrogen-bond acceptors (Lipinski definition) is 4. The van der Waals surface area contributed by atoms with Gasteiger partial charge in [0, 0.05) is 30.2 Å². The first-order chi connectivity index (χ1) is 15.2. The maximum absolute atomic E-state index is 13.3. The van der Waals surface area contributed by atoms with Gasteiger partial charge in [-0.1, -0.05) is 36.9 Å². The Morgan fingerprint density at radius 3 is 2.19 bits per heavy atom. The van der Waals surface area contributed by atoms with Crippen LogP contribution in [0.4, 0.5) is 0 Å². The highest BCUT2D eigenvalue weighted by Gasteiger charge is 2.39. The summed E-state index contributed by atoms with van der Waals surface area (Å²) in [6, 6.07) is 14.9. The summed E-state index contributed by atoms with van der Waals surface area (Å²) >= 11 is 0. The molecule has 2 aromatic carbocycles. The minimum Gasteiger partial charge on any atom is -0.350 e. The number of rotatable bonds is 7. The summed E-state index contributed by atoms with van der Waals surface area (Å²) in [5, 5.41) is 5.70. The molecule has 0 spiro atoms. The monoisotopic (exact) mass is 455 g/mol. The van der Waals surface area contributed by atoms with Gasteiger partial charge < -0.3 is 10.6 Å². The van der Waals surface area contributed by atoms with E-state index in [-0.39, 0.29) is 34.8 Å². The lowest BCUT2D eigenvalue weighted by Crippen LogP contribution is -2.54. The van der Waals surface area contributed by atoms with Gasteiger partial charge in [-0.05, 0) is 62.6 Å². The fraction of sp³-hybridized carbons (Fsp3) is 0.333. The van der Waals surface area contributed by atoms with Crippen molar-refractivity contribution in [2.75, 3.05) is 0 Å². The Kier molecular flexibility index (Phi) is 7.48. The summed E-state index contributed by atoms with van der Waals surface area (Å²) in [7, 11) is -3.75. The van der Waals surface area contributed by atoms with Crippen molar-refractivity contribution in [1.29, 1.82) is 0 Å². The van der Waals surface area contributed by atoms with E-state index >= 15 is 0 Å². The van der Waals surface area contributed by atoms with E-state index in [0.29, 0.717) is 24.9 Å². The zero-order valence-corrected chi connectivity index (χ0v) is 19.1. The van der Waals surface area contributed by atoms with E-state index in [9.17, 15) is 18.0 Å². The molecule has 1 heterocycles. The molecule has 170 valence electrons. The summed E-state index contributed by atoms with van der Waals surface area (Å²) in [4.78, 5) is 24.2. The fourth-order valence-corrected chi connectivity index (χ4v) is 6.04. The van der Waals surface area contributed by atoms with Crippen LogP contribution >= 0.6 is 0 Å². The van der Waals surface area contributed by atoms with Gasteiger partial charge in [-0.2, -0.15) is 4.31 Å². The molecule has 0 saturated carbocycles. The van der Waals surface area contributed by atoms with E-state index in [4.69, 9.17) is 0 Å². The minimum absolute atomic E-state index is 0.104. The molecule has 7 nitrogen and oxygen atoms in total. The van der Waals surface area contributed by atoms with Gasteiger partial charge in [0.05, 0.1) is 4.90 Å². The molecule has 0 aliphatic carbocycles. The van der Waals surface area contributed by atoms with Crippen molar-refractivity contribution in [2.24, 2.45) is 0 Å². The molecular weight excluding hydrogens is 426 g/mol. The van der Waals surface area contributed by atoms with Crippen molar-refractivity contribution in [2.45, 2.75) is 56.3 Å². The lowest BCUT2D eigenvalue weighted by molar-refractivity contribution is -0.117. The van der Waals surface area contributed by atoms with E-state index in [2.05, 4.69) is 17.2 Å². The van der Waals surface area contributed by atoms with Crippen molar-refractivity contribution < 1.29 is 18.0 Å². The SMILES string of the molecule is C=CC(=O)NC1CC(C)N(S(=O)(=O)c2ccc(C(=O)NCc3ccccc3)cc2)C(C)C1. The van der Waals surface area contributed by atoms with Crippen LogP contribution in [0.2, 0.25) is 0 Å². The fourth-order valence-electron chi connectivity index (χ4n) is 4.19. The first kappa shape index (κ1) is 23.7. The molecule has 2 aromatic rings. The number of carbonyl (C=O) groups excluding carboxylic acids is 2. The molecule has 8 heteroatoms. The molecule has 1 aliphatic rings. The third-order valence-electron chi connectivity index (χ3n) is 5.64. The zero-order valence-electron chi connectivity index (χ0n) is 18.3. The Labute approximate surface area is 189 Å². The van der Waals surface area contributed by atoms with Crippen LogP contribution in [0.15, 0.2) is 72.1 Å². The lowest BCUT2D eigenvalue weighted by Gasteiger charge is -2.41. The summed E-state index contributed by atoms with van der Waals surface area (Å²) in [5.41, 5.74) is 1.38. The highest BCUT2D eigenvalue weighted by Crippen LogP contribution is 2.30. The van der Waals surface area contributed by atoms with Crippen LogP contribution in [-0.4, -0.2) is 42.7 Å². The smallest absolute Gasteiger partial charge is 0.251 e. The second-order valence-electron chi connectivity index (χ2n) is 8.11. The molecule has 0 aromatic heterocycles. The van der Waals surface area contributed by atoms with Gasteiger partial charge in [-0.15, -0.1) is 0 Å². The molecule has 1 saturated heterocycles. The van der Waals surface area contributed by atoms with Gasteiger partial charge in [0.15, 0.2) is 0 Å². The van der Waals surface area contributed by atoms with Crippen LogP contribution in [-0.2, 0) is 21.4 Å². The molecule has 2 N–H and O–H groups in total. The van der Waals surface area contributed by atoms with Crippen LogP contribution in [0.25, 0.3) is 0 Å². The van der Waals surface area contributed by atoms with Gasteiger partial charge in [0.25, 0.3) is 5.91 Å². The highest BCUT2D eigenvalue weighted by atomic mass is 32.2. The molecule has 32 heavy (non-hydrogen) atoms. The number of nitrogens with one attached hydrogen (secondary N) is 2. The van der Waals surface area contributed by atoms with Gasteiger partial charge in [-0.25, -0.2) is 8.42 Å². The number of carbonyl (C=O) groups is 2. The topological polar surface area (TPSA) is 95.6 Å². The molecule has 3 rings (SSSR count). The summed E-state index contributed by atoms with van der Waals surface area (Å²) in [6.45, 7) is 7.53. The predicted octanol–water partition coefficient (Wildman–Crippen LogP) is 2.85. The standard InChI is InChI=1S/C24H29N3O4S/c1-4-23(28)26-21-14-17(2)27(18(3)15-21)32(30,31)22-12-10-20(11-13-22)24(29)25-16-19-8-6-5-7-9-19/h4-13,17-18,21H,1,14-16H2,2-3H3,(H,25,29)(H,26,28). The van der Waals surface area contributed by atoms with Crippen LogP contribution in [0.1, 0.15) is 42.6 Å². The Morgan fingerprint density at radius 2 is 1.62 bits per heavy atom. The first-order valence-electron chi connectivity index (χ1n) is 10.6. The van der Waals surface area contributed by atoms with Crippen LogP contribution in [0.5, 0.6) is 0 Å². The zero-order chi connectivity index (χ0) is 23.3. The number of hydrogen-bond donors (Lipinski definition) is 2. The van der Waals surface area contributed by atoms with E-state index in [1.165, 1.54) is 34.6 Å². The van der Waals surface area contributed by atoms with Gasteiger partial charge in [-0.3, -0.25) is 9.59 Å². The molecule has 1 aliphatic heterocycles. The van der Waals surface area contributed by atoms with Crippen molar-refractivity contribution in [3.63, 3.8) is 0 Å². The van der Waals surface area contributed by atoms with Crippen molar-refractivity contribution in [3.05, 3.63) is 78.4 Å². The minimum atomic E-state index is -3.75. The van der Waals surface area contributed by atoms with Gasteiger partial charge >= 0.3 is 0 Å². The van der Waals surface area contributed by atoms with Crippen LogP contribution in [0, 0.1) is 0 Å². The molecule has 2 amide bonds. The van der Waals surface area contributed by atoms with Crippen molar-refractivity contribution in [1.82, 2.24) is 14.9 Å². The third kappa shape index (κ3) is 5.44. The van der Waals surface area contributed by atoms with Crippen molar-refractivity contribution in [3.8, 4) is 0 Å². The van der Waals surface area contributed by atoms with E-state index in [0.717, 1.165) is 5.56 Å². The van der Waals surface area contributed by atoms with E-state index < -0.39 is 10.0 Å². The molecular formula is C24H29N3O4S. The molecule has 0 bridgehead atoms. The molecule has 1 fully saturated rings. The maximum atomic E-state index is 13.3. The second kappa shape index (κ2) is 10.1. The second-order valence-corrected chi connectivity index (χ2v) is 9.95. The predicted molar refractivity (Wildman–Crippen MR) is 123 cm³/mol. The normalized spacial score (nSPS) is 21.5. The van der Waals surface area contributed by atoms with E-state index in [1.54, 1.807) is 0 Å². The Bertz CT molecular complexity index is 1060. The first-order valence-corrected chi connectivity index (χ1v) is 12.0. The lowest BCUT2D eigenvalue weighted by atomic mass is 9.95. The van der Waals surface area contributed by atoms with Crippen LogP contribution < -0.4 is 10.6 Å². The number of nitrogens with zero attached hydrogens (tertiary/aromatic N) is 1. The summed E-state index contributed by atoms with van der Waals surface area (Å²) in [6.07, 6.45) is 2.25. The Morgan fingerprint density at radius 1 is 1.03 bits per heavy atom. The van der Waals surface area contributed by atoms with Gasteiger partial charge in [0.1, 0.15) is 0 Å². The third-order valence-corrected chi connectivity index (χ3v) is 7.78. The number of sulfonamides is 1. The maximum Gasteiger partial charge on any atom is 0.251 e. The Hall–Kier alpha value is -2.97. The van der Waals surface area contributed by atoms with E-state index in [1.807, 2.05) is 44.2 Å². The van der Waals surface area contributed by atoms with Crippen LogP contribution in [0.3, 0.4) is 0 Å². The number of amides is 2. The quantitative estimate of drug-likeness (QED) is 0.628. The van der Waals surface area contributed by atoms with Gasteiger partial charge in [0.2, 0.25) is 15.9 Å². The largest absolute Gasteiger partial charge is 0.350 e. The van der Waals surface area contributed by atoms with Crippen molar-refractivity contribution >= 4 is 21.8 Å². The highest BCUT2D eigenvalue weighted by molar-refractivity contribution is 7.89. The molecule has 0 radical (unpaired) electrons. The Balaban J connectivity index is 1.68. The average Bonchev–Trinajstić information content (AvgIpc) is 2.77. The number of piperidine rings is 1. The molecule has 2 unspecified atom stereocenters.